The van der Waals surface area contributed by atoms with Gasteiger partial charge in [-0.15, -0.1) is 0 Å². The molecule has 1 rings (SSSR count). The third kappa shape index (κ3) is 6.75. The maximum atomic E-state index is 11.6. The summed E-state index contributed by atoms with van der Waals surface area (Å²) < 4.78 is 0. The van der Waals surface area contributed by atoms with E-state index < -0.39 is 11.9 Å². The fourth-order valence-electron chi connectivity index (χ4n) is 2.33. The van der Waals surface area contributed by atoms with Gasteiger partial charge in [-0.2, -0.15) is 0 Å². The van der Waals surface area contributed by atoms with Gasteiger partial charge in [0.25, 0.3) is 0 Å². The molecule has 6 heteroatoms. The summed E-state index contributed by atoms with van der Waals surface area (Å²) in [4.78, 5) is 24.6. The Balaban J connectivity index is 2.05. The molecular formula is C14H27N3O3. The Hall–Kier alpha value is -1.30. The Morgan fingerprint density at radius 3 is 2.45 bits per heavy atom. The van der Waals surface area contributed by atoms with Crippen LogP contribution in [0.4, 0.5) is 4.79 Å². The Morgan fingerprint density at radius 2 is 1.85 bits per heavy atom. The molecule has 2 unspecified atom stereocenters. The van der Waals surface area contributed by atoms with Crippen LogP contribution in [0.2, 0.25) is 0 Å². The molecule has 1 fully saturated rings. The zero-order valence-electron chi connectivity index (χ0n) is 12.5. The molecule has 0 aliphatic carbocycles. The van der Waals surface area contributed by atoms with Gasteiger partial charge >= 0.3 is 12.0 Å². The number of rotatable bonds is 8. The van der Waals surface area contributed by atoms with Gasteiger partial charge in [0.1, 0.15) is 0 Å². The first-order valence-electron chi connectivity index (χ1n) is 7.46. The molecule has 3 N–H and O–H groups in total. The monoisotopic (exact) mass is 285 g/mol. The van der Waals surface area contributed by atoms with Crippen LogP contribution in [-0.2, 0) is 4.79 Å². The SMILES string of the molecule is CC(CNC(=O)NCCC(C)C(=O)O)CN1CCCC1. The van der Waals surface area contributed by atoms with Gasteiger partial charge in [0, 0.05) is 19.6 Å². The molecule has 0 aromatic rings. The molecule has 0 saturated carbocycles. The molecule has 0 aromatic carbocycles. The van der Waals surface area contributed by atoms with Crippen molar-refractivity contribution in [2.24, 2.45) is 11.8 Å². The van der Waals surface area contributed by atoms with Crippen molar-refractivity contribution < 1.29 is 14.7 Å². The summed E-state index contributed by atoms with van der Waals surface area (Å²) >= 11 is 0. The Labute approximate surface area is 120 Å². The number of carboxylic acid groups (broad SMARTS) is 1. The van der Waals surface area contributed by atoms with Gasteiger partial charge < -0.3 is 20.6 Å². The Kier molecular flexibility index (Phi) is 7.36. The van der Waals surface area contributed by atoms with Crippen LogP contribution in [-0.4, -0.2) is 54.7 Å². The molecule has 0 aromatic heterocycles. The fourth-order valence-corrected chi connectivity index (χ4v) is 2.33. The van der Waals surface area contributed by atoms with E-state index >= 15 is 0 Å². The van der Waals surface area contributed by atoms with Crippen molar-refractivity contribution in [1.29, 1.82) is 0 Å². The van der Waals surface area contributed by atoms with Crippen LogP contribution in [0.1, 0.15) is 33.1 Å². The number of hydrogen-bond acceptors (Lipinski definition) is 3. The number of nitrogens with zero attached hydrogens (tertiary/aromatic N) is 1. The molecule has 0 radical (unpaired) electrons. The predicted molar refractivity (Wildman–Crippen MR) is 77.7 cm³/mol. The lowest BCUT2D eigenvalue weighted by Crippen LogP contribution is -2.40. The summed E-state index contributed by atoms with van der Waals surface area (Å²) in [5.41, 5.74) is 0. The van der Waals surface area contributed by atoms with Gasteiger partial charge in [0.2, 0.25) is 0 Å². The molecular weight excluding hydrogens is 258 g/mol. The topological polar surface area (TPSA) is 81.7 Å². The fraction of sp³-hybridized carbons (Fsp3) is 0.857. The lowest BCUT2D eigenvalue weighted by molar-refractivity contribution is -0.141. The maximum Gasteiger partial charge on any atom is 0.314 e. The van der Waals surface area contributed by atoms with E-state index in [1.165, 1.54) is 25.9 Å². The smallest absolute Gasteiger partial charge is 0.314 e. The van der Waals surface area contributed by atoms with Crippen LogP contribution in [0.5, 0.6) is 0 Å². The van der Waals surface area contributed by atoms with E-state index in [-0.39, 0.29) is 6.03 Å². The Morgan fingerprint density at radius 1 is 1.20 bits per heavy atom. The number of carbonyl (C=O) groups is 2. The second-order valence-corrected chi connectivity index (χ2v) is 5.78. The summed E-state index contributed by atoms with van der Waals surface area (Å²) in [7, 11) is 0. The number of carbonyl (C=O) groups excluding carboxylic acids is 1. The molecule has 0 spiro atoms. The van der Waals surface area contributed by atoms with Gasteiger partial charge in [0.05, 0.1) is 5.92 Å². The summed E-state index contributed by atoms with van der Waals surface area (Å²) in [6.07, 6.45) is 3.01. The van der Waals surface area contributed by atoms with E-state index in [9.17, 15) is 9.59 Å². The highest BCUT2D eigenvalue weighted by atomic mass is 16.4. The third-order valence-electron chi connectivity index (χ3n) is 3.66. The minimum absolute atomic E-state index is 0.212. The second-order valence-electron chi connectivity index (χ2n) is 5.78. The molecule has 2 atom stereocenters. The van der Waals surface area contributed by atoms with Crippen molar-refractivity contribution in [2.45, 2.75) is 33.1 Å². The van der Waals surface area contributed by atoms with E-state index in [0.29, 0.717) is 25.4 Å². The molecule has 6 nitrogen and oxygen atoms in total. The van der Waals surface area contributed by atoms with Crippen molar-refractivity contribution in [1.82, 2.24) is 15.5 Å². The summed E-state index contributed by atoms with van der Waals surface area (Å²) in [5.74, 6) is -0.826. The van der Waals surface area contributed by atoms with E-state index in [1.807, 2.05) is 0 Å². The van der Waals surface area contributed by atoms with E-state index in [0.717, 1.165) is 6.54 Å². The molecule has 1 heterocycles. The van der Waals surface area contributed by atoms with Gasteiger partial charge in [-0.25, -0.2) is 4.79 Å². The molecule has 1 aliphatic heterocycles. The lowest BCUT2D eigenvalue weighted by Gasteiger charge is -2.20. The minimum Gasteiger partial charge on any atom is -0.481 e. The van der Waals surface area contributed by atoms with Gasteiger partial charge in [-0.1, -0.05) is 13.8 Å². The number of aliphatic carboxylic acids is 1. The van der Waals surface area contributed by atoms with Crippen molar-refractivity contribution >= 4 is 12.0 Å². The van der Waals surface area contributed by atoms with Crippen LogP contribution in [0.3, 0.4) is 0 Å². The largest absolute Gasteiger partial charge is 0.481 e. The zero-order chi connectivity index (χ0) is 15.0. The van der Waals surface area contributed by atoms with Crippen LogP contribution in [0.25, 0.3) is 0 Å². The van der Waals surface area contributed by atoms with Crippen LogP contribution in [0, 0.1) is 11.8 Å². The number of likely N-dealkylation sites (tertiary alicyclic amines) is 1. The second kappa shape index (κ2) is 8.79. The third-order valence-corrected chi connectivity index (χ3v) is 3.66. The number of carboxylic acids is 1. The molecule has 116 valence electrons. The van der Waals surface area contributed by atoms with Crippen molar-refractivity contribution in [3.8, 4) is 0 Å². The van der Waals surface area contributed by atoms with Crippen LogP contribution < -0.4 is 10.6 Å². The molecule has 1 aliphatic rings. The minimum atomic E-state index is -0.827. The number of amides is 2. The quantitative estimate of drug-likeness (QED) is 0.624. The molecule has 20 heavy (non-hydrogen) atoms. The average Bonchev–Trinajstić information content (AvgIpc) is 2.89. The lowest BCUT2D eigenvalue weighted by atomic mass is 10.1. The Bertz CT molecular complexity index is 317. The number of hydrogen-bond donors (Lipinski definition) is 3. The van der Waals surface area contributed by atoms with Crippen molar-refractivity contribution in [3.05, 3.63) is 0 Å². The van der Waals surface area contributed by atoms with E-state index in [2.05, 4.69) is 22.5 Å². The zero-order valence-corrected chi connectivity index (χ0v) is 12.5. The summed E-state index contributed by atoms with van der Waals surface area (Å²) in [6.45, 7) is 8.17. The van der Waals surface area contributed by atoms with Gasteiger partial charge in [-0.3, -0.25) is 4.79 Å². The predicted octanol–water partition coefficient (Wildman–Crippen LogP) is 1.13. The van der Waals surface area contributed by atoms with Crippen LogP contribution >= 0.6 is 0 Å². The number of nitrogens with one attached hydrogen (secondary N) is 2. The summed E-state index contributed by atoms with van der Waals surface area (Å²) in [5, 5.41) is 14.3. The van der Waals surface area contributed by atoms with E-state index in [4.69, 9.17) is 5.11 Å². The highest BCUT2D eigenvalue weighted by molar-refractivity contribution is 5.74. The molecule has 0 bridgehead atoms. The molecule has 2 amide bonds. The van der Waals surface area contributed by atoms with E-state index in [1.54, 1.807) is 6.92 Å². The van der Waals surface area contributed by atoms with Crippen molar-refractivity contribution in [3.63, 3.8) is 0 Å². The first kappa shape index (κ1) is 16.8. The number of urea groups is 1. The average molecular weight is 285 g/mol. The maximum absolute atomic E-state index is 11.6. The molecule has 1 saturated heterocycles. The van der Waals surface area contributed by atoms with Crippen LogP contribution in [0.15, 0.2) is 0 Å². The van der Waals surface area contributed by atoms with Crippen molar-refractivity contribution in [2.75, 3.05) is 32.7 Å². The van der Waals surface area contributed by atoms with Gasteiger partial charge in [0.15, 0.2) is 0 Å². The highest BCUT2D eigenvalue weighted by Crippen LogP contribution is 2.09. The normalized spacial score (nSPS) is 18.5. The first-order valence-corrected chi connectivity index (χ1v) is 7.46. The highest BCUT2D eigenvalue weighted by Gasteiger charge is 2.15. The van der Waals surface area contributed by atoms with Gasteiger partial charge in [-0.05, 0) is 38.3 Å². The first-order chi connectivity index (χ1) is 9.49. The standard InChI is InChI=1S/C14H27N3O3/c1-11(10-17-7-3-4-8-17)9-16-14(20)15-6-5-12(2)13(18)19/h11-12H,3-10H2,1-2H3,(H,18,19)(H2,15,16,20). The summed E-state index contributed by atoms with van der Waals surface area (Å²) in [6, 6.07) is -0.212.